The first-order valence-electron chi connectivity index (χ1n) is 18.4. The zero-order valence-electron chi connectivity index (χ0n) is 29.6. The minimum atomic E-state index is 1.12. The Morgan fingerprint density at radius 3 is 1.59 bits per heavy atom. The van der Waals surface area contributed by atoms with Gasteiger partial charge >= 0.3 is 0 Å². The molecule has 10 rings (SSSR count). The molecule has 1 nitrogen and oxygen atoms in total. The van der Waals surface area contributed by atoms with Gasteiger partial charge in [0.15, 0.2) is 0 Å². The molecule has 0 N–H and O–H groups in total. The van der Waals surface area contributed by atoms with Gasteiger partial charge in [-0.1, -0.05) is 170 Å². The maximum atomic E-state index is 2.41. The van der Waals surface area contributed by atoms with Gasteiger partial charge in [-0.25, -0.2) is 0 Å². The van der Waals surface area contributed by atoms with Crippen molar-refractivity contribution >= 4 is 59.3 Å². The van der Waals surface area contributed by atoms with Gasteiger partial charge in [-0.3, -0.25) is 0 Å². The summed E-state index contributed by atoms with van der Waals surface area (Å²) in [6.45, 7) is 0. The van der Waals surface area contributed by atoms with E-state index < -0.39 is 0 Å². The van der Waals surface area contributed by atoms with Gasteiger partial charge in [0, 0.05) is 26.8 Å². The highest BCUT2D eigenvalue weighted by molar-refractivity contribution is 7.26. The van der Waals surface area contributed by atoms with E-state index in [1.807, 2.05) is 11.3 Å². The summed E-state index contributed by atoms with van der Waals surface area (Å²) in [5, 5.41) is 5.11. The van der Waals surface area contributed by atoms with Crippen LogP contribution in [-0.4, -0.2) is 0 Å². The van der Waals surface area contributed by atoms with Crippen LogP contribution < -0.4 is 4.90 Å². The van der Waals surface area contributed by atoms with E-state index >= 15 is 0 Å². The molecule has 1 heterocycles. The second-order valence-electron chi connectivity index (χ2n) is 13.7. The molecule has 0 amide bonds. The normalized spacial score (nSPS) is 11.3. The lowest BCUT2D eigenvalue weighted by atomic mass is 9.91. The maximum Gasteiger partial charge on any atom is 0.0640 e. The Labute approximate surface area is 319 Å². The topological polar surface area (TPSA) is 3.24 Å². The third-order valence-electron chi connectivity index (χ3n) is 10.5. The third kappa shape index (κ3) is 5.74. The van der Waals surface area contributed by atoms with Gasteiger partial charge in [0.05, 0.1) is 10.4 Å². The van der Waals surface area contributed by atoms with Crippen LogP contribution in [0, 0.1) is 0 Å². The molecule has 0 radical (unpaired) electrons. The Bertz CT molecular complexity index is 2920. The van der Waals surface area contributed by atoms with Gasteiger partial charge in [0.2, 0.25) is 0 Å². The van der Waals surface area contributed by atoms with Gasteiger partial charge in [-0.2, -0.15) is 0 Å². The molecule has 0 atom stereocenters. The van der Waals surface area contributed by atoms with Crippen molar-refractivity contribution in [1.29, 1.82) is 0 Å². The number of benzene rings is 9. The highest BCUT2D eigenvalue weighted by atomic mass is 32.1. The molecule has 0 saturated heterocycles. The number of anilines is 3. The van der Waals surface area contributed by atoms with E-state index in [-0.39, 0.29) is 0 Å². The number of hydrogen-bond acceptors (Lipinski definition) is 2. The summed E-state index contributed by atoms with van der Waals surface area (Å²) in [4.78, 5) is 2.41. The summed E-state index contributed by atoms with van der Waals surface area (Å²) in [5.41, 5.74) is 13.1. The molecule has 0 aliphatic heterocycles. The molecule has 0 aliphatic carbocycles. The van der Waals surface area contributed by atoms with Crippen molar-refractivity contribution in [3.8, 4) is 44.5 Å². The molecule has 54 heavy (non-hydrogen) atoms. The predicted octanol–water partition coefficient (Wildman–Crippen LogP) is 15.3. The predicted molar refractivity (Wildman–Crippen MR) is 233 cm³/mol. The number of fused-ring (bicyclic) bond motifs is 4. The molecule has 0 spiro atoms. The van der Waals surface area contributed by atoms with Crippen LogP contribution in [-0.2, 0) is 0 Å². The van der Waals surface area contributed by atoms with E-state index in [1.54, 1.807) is 0 Å². The van der Waals surface area contributed by atoms with Crippen molar-refractivity contribution < 1.29 is 0 Å². The fraction of sp³-hybridized carbons (Fsp3) is 0. The van der Waals surface area contributed by atoms with Gasteiger partial charge in [0.1, 0.15) is 0 Å². The summed E-state index contributed by atoms with van der Waals surface area (Å²) >= 11 is 1.86. The summed E-state index contributed by atoms with van der Waals surface area (Å²) in [6.07, 6.45) is 0. The van der Waals surface area contributed by atoms with E-state index in [9.17, 15) is 0 Å². The summed E-state index contributed by atoms with van der Waals surface area (Å²) < 4.78 is 2.59. The van der Waals surface area contributed by atoms with Gasteiger partial charge in [-0.15, -0.1) is 11.3 Å². The van der Waals surface area contributed by atoms with Crippen LogP contribution in [0.25, 0.3) is 75.5 Å². The second kappa shape index (κ2) is 13.7. The largest absolute Gasteiger partial charge is 0.309 e. The zero-order valence-corrected chi connectivity index (χ0v) is 30.4. The fourth-order valence-electron chi connectivity index (χ4n) is 7.88. The molecule has 0 saturated carbocycles. The number of rotatable bonds is 7. The Kier molecular flexibility index (Phi) is 8.09. The van der Waals surface area contributed by atoms with Crippen LogP contribution in [0.15, 0.2) is 212 Å². The zero-order chi connectivity index (χ0) is 35.8. The van der Waals surface area contributed by atoms with Crippen LogP contribution in [0.3, 0.4) is 0 Å². The molecular weight excluding hydrogens is 671 g/mol. The lowest BCUT2D eigenvalue weighted by Crippen LogP contribution is -2.10. The Balaban J connectivity index is 1.06. The van der Waals surface area contributed by atoms with E-state index in [2.05, 4.69) is 217 Å². The molecular formula is C52H35NS. The monoisotopic (exact) mass is 705 g/mol. The van der Waals surface area contributed by atoms with Crippen molar-refractivity contribution in [2.75, 3.05) is 4.90 Å². The first kappa shape index (κ1) is 32.0. The maximum absolute atomic E-state index is 2.41. The lowest BCUT2D eigenvalue weighted by molar-refractivity contribution is 1.30. The van der Waals surface area contributed by atoms with Gasteiger partial charge in [0.25, 0.3) is 0 Å². The third-order valence-corrected chi connectivity index (χ3v) is 11.7. The van der Waals surface area contributed by atoms with Crippen molar-refractivity contribution in [3.05, 3.63) is 212 Å². The van der Waals surface area contributed by atoms with Crippen LogP contribution >= 0.6 is 11.3 Å². The SMILES string of the molecule is c1ccc(-c2ccc(N(c3ccc(-c4ccccc4-c4cccc(-c5cccc6ccccc56)c4)cc3)c3cccc4c3sc3ccccc34)cc2)cc1. The second-order valence-corrected chi connectivity index (χ2v) is 14.8. The summed E-state index contributed by atoms with van der Waals surface area (Å²) in [5.74, 6) is 0. The van der Waals surface area contributed by atoms with Gasteiger partial charge < -0.3 is 4.90 Å². The highest BCUT2D eigenvalue weighted by Gasteiger charge is 2.19. The molecule has 0 aliphatic rings. The van der Waals surface area contributed by atoms with Crippen LogP contribution in [0.2, 0.25) is 0 Å². The van der Waals surface area contributed by atoms with E-state index in [0.29, 0.717) is 0 Å². The Morgan fingerprint density at radius 2 is 0.815 bits per heavy atom. The van der Waals surface area contributed by atoms with Crippen LogP contribution in [0.4, 0.5) is 17.1 Å². The highest BCUT2D eigenvalue weighted by Crippen LogP contribution is 2.45. The Morgan fingerprint density at radius 1 is 0.315 bits per heavy atom. The number of hydrogen-bond donors (Lipinski definition) is 0. The van der Waals surface area contributed by atoms with E-state index in [0.717, 1.165) is 11.4 Å². The Hall–Kier alpha value is -6.74. The summed E-state index contributed by atoms with van der Waals surface area (Å²) in [6, 6.07) is 77.1. The average Bonchev–Trinajstić information content (AvgIpc) is 3.64. The first-order valence-corrected chi connectivity index (χ1v) is 19.2. The van der Waals surface area contributed by atoms with Crippen LogP contribution in [0.5, 0.6) is 0 Å². The molecule has 9 aromatic carbocycles. The molecule has 0 unspecified atom stereocenters. The molecule has 1 aromatic heterocycles. The first-order chi connectivity index (χ1) is 26.8. The molecule has 0 bridgehead atoms. The number of nitrogens with zero attached hydrogens (tertiary/aromatic N) is 1. The number of thiophene rings is 1. The molecule has 254 valence electrons. The minimum Gasteiger partial charge on any atom is -0.309 e. The minimum absolute atomic E-state index is 1.12. The molecule has 0 fully saturated rings. The molecule has 10 aromatic rings. The molecule has 2 heteroatoms. The standard InChI is InChI=1S/C52H35NS/c1-2-13-36(14-3-1)37-27-31-42(32-28-37)53(50-25-12-24-49-48-22-8-9-26-51(48)54-52(49)50)43-33-29-39(30-34-43)45-20-6-7-21-46(45)40-17-10-18-41(35-40)47-23-11-16-38-15-4-5-19-44(38)47/h1-35H. The van der Waals surface area contributed by atoms with Crippen LogP contribution in [0.1, 0.15) is 0 Å². The van der Waals surface area contributed by atoms with Gasteiger partial charge in [-0.05, 0) is 97.7 Å². The van der Waals surface area contributed by atoms with Crippen molar-refractivity contribution in [2.24, 2.45) is 0 Å². The quantitative estimate of drug-likeness (QED) is 0.160. The summed E-state index contributed by atoms with van der Waals surface area (Å²) in [7, 11) is 0. The van der Waals surface area contributed by atoms with Crippen molar-refractivity contribution in [2.45, 2.75) is 0 Å². The fourth-order valence-corrected chi connectivity index (χ4v) is 9.08. The van der Waals surface area contributed by atoms with E-state index in [1.165, 1.54) is 81.1 Å². The van der Waals surface area contributed by atoms with Crippen molar-refractivity contribution in [1.82, 2.24) is 0 Å². The smallest absolute Gasteiger partial charge is 0.0640 e. The van der Waals surface area contributed by atoms with Crippen molar-refractivity contribution in [3.63, 3.8) is 0 Å². The van der Waals surface area contributed by atoms with E-state index in [4.69, 9.17) is 0 Å². The average molecular weight is 706 g/mol. The lowest BCUT2D eigenvalue weighted by Gasteiger charge is -2.26.